The van der Waals surface area contributed by atoms with Crippen LogP contribution >= 0.6 is 0 Å². The lowest BCUT2D eigenvalue weighted by Crippen LogP contribution is -2.39. The Morgan fingerprint density at radius 1 is 1.21 bits per heavy atom. The highest BCUT2D eigenvalue weighted by atomic mass is 19.1. The van der Waals surface area contributed by atoms with E-state index >= 15 is 0 Å². The molecule has 0 bridgehead atoms. The van der Waals surface area contributed by atoms with Crippen LogP contribution in [-0.4, -0.2) is 59.5 Å². The van der Waals surface area contributed by atoms with Gasteiger partial charge in [-0.15, -0.1) is 0 Å². The van der Waals surface area contributed by atoms with Gasteiger partial charge in [0.25, 0.3) is 0 Å². The van der Waals surface area contributed by atoms with Gasteiger partial charge in [0.05, 0.1) is 11.6 Å². The first kappa shape index (κ1) is 19.6. The van der Waals surface area contributed by atoms with E-state index in [0.29, 0.717) is 31.9 Å². The number of carbonyl (C=O) groups is 2. The lowest BCUT2D eigenvalue weighted by Gasteiger charge is -2.24. The Balaban J connectivity index is 1.34. The summed E-state index contributed by atoms with van der Waals surface area (Å²) in [6.45, 7) is 5.91. The molecule has 0 aliphatic carbocycles. The van der Waals surface area contributed by atoms with Crippen LogP contribution in [0.4, 0.5) is 10.1 Å². The first-order chi connectivity index (χ1) is 14.0. The SMILES string of the molecule is Cc1cc(CN2CCCN(C(=O)C3CC(=O)N(c4ccc(F)cc4)C3)CC2)no1. The summed E-state index contributed by atoms with van der Waals surface area (Å²) in [5.74, 6) is 0.0401. The summed E-state index contributed by atoms with van der Waals surface area (Å²) in [5.41, 5.74) is 1.54. The second kappa shape index (κ2) is 8.32. The minimum Gasteiger partial charge on any atom is -0.361 e. The number of aromatic nitrogens is 1. The average molecular weight is 400 g/mol. The molecule has 2 saturated heterocycles. The minimum atomic E-state index is -0.350. The molecule has 2 amide bonds. The van der Waals surface area contributed by atoms with E-state index in [1.807, 2.05) is 17.9 Å². The van der Waals surface area contributed by atoms with Crippen molar-refractivity contribution in [3.8, 4) is 0 Å². The van der Waals surface area contributed by atoms with E-state index in [1.165, 1.54) is 12.1 Å². The van der Waals surface area contributed by atoms with Gasteiger partial charge in [-0.2, -0.15) is 0 Å². The molecule has 0 spiro atoms. The molecule has 2 aromatic rings. The van der Waals surface area contributed by atoms with Gasteiger partial charge in [-0.25, -0.2) is 4.39 Å². The smallest absolute Gasteiger partial charge is 0.228 e. The molecule has 3 heterocycles. The number of nitrogens with zero attached hydrogens (tertiary/aromatic N) is 4. The van der Waals surface area contributed by atoms with Gasteiger partial charge >= 0.3 is 0 Å². The number of halogens is 1. The first-order valence-corrected chi connectivity index (χ1v) is 9.99. The van der Waals surface area contributed by atoms with Gasteiger partial charge in [0.1, 0.15) is 11.6 Å². The summed E-state index contributed by atoms with van der Waals surface area (Å²) < 4.78 is 18.3. The summed E-state index contributed by atoms with van der Waals surface area (Å²) in [6, 6.07) is 7.75. The third-order valence-electron chi connectivity index (χ3n) is 5.58. The van der Waals surface area contributed by atoms with E-state index in [1.54, 1.807) is 17.0 Å². The van der Waals surface area contributed by atoms with E-state index in [2.05, 4.69) is 10.1 Å². The highest BCUT2D eigenvalue weighted by Crippen LogP contribution is 2.27. The average Bonchev–Trinajstić information content (AvgIpc) is 3.21. The fraction of sp³-hybridized carbons (Fsp3) is 0.476. The molecule has 4 rings (SSSR count). The molecule has 1 atom stereocenters. The van der Waals surface area contributed by atoms with Crippen molar-refractivity contribution < 1.29 is 18.5 Å². The van der Waals surface area contributed by atoms with Gasteiger partial charge in [-0.1, -0.05) is 5.16 Å². The summed E-state index contributed by atoms with van der Waals surface area (Å²) in [5, 5.41) is 4.04. The quantitative estimate of drug-likeness (QED) is 0.787. The normalized spacial score (nSPS) is 20.9. The van der Waals surface area contributed by atoms with Crippen LogP contribution < -0.4 is 4.90 Å². The number of amides is 2. The Morgan fingerprint density at radius 2 is 2.00 bits per heavy atom. The van der Waals surface area contributed by atoms with Crippen molar-refractivity contribution in [1.82, 2.24) is 15.0 Å². The zero-order chi connectivity index (χ0) is 20.4. The maximum absolute atomic E-state index is 13.2. The van der Waals surface area contributed by atoms with Gasteiger partial charge in [-0.3, -0.25) is 14.5 Å². The largest absolute Gasteiger partial charge is 0.361 e. The molecule has 0 radical (unpaired) electrons. The Morgan fingerprint density at radius 3 is 2.72 bits per heavy atom. The summed E-state index contributed by atoms with van der Waals surface area (Å²) >= 11 is 0. The molecule has 1 aromatic heterocycles. The van der Waals surface area contributed by atoms with Crippen LogP contribution in [0.2, 0.25) is 0 Å². The predicted octanol–water partition coefficient (Wildman–Crippen LogP) is 2.21. The van der Waals surface area contributed by atoms with E-state index in [0.717, 1.165) is 31.0 Å². The van der Waals surface area contributed by atoms with Crippen LogP contribution in [0.25, 0.3) is 0 Å². The number of anilines is 1. The molecule has 29 heavy (non-hydrogen) atoms. The maximum atomic E-state index is 13.2. The minimum absolute atomic E-state index is 0.0297. The van der Waals surface area contributed by atoms with Crippen molar-refractivity contribution in [3.05, 3.63) is 47.6 Å². The molecule has 2 aliphatic heterocycles. The van der Waals surface area contributed by atoms with Crippen LogP contribution in [0.15, 0.2) is 34.9 Å². The molecule has 1 unspecified atom stereocenters. The van der Waals surface area contributed by atoms with Crippen LogP contribution in [0.5, 0.6) is 0 Å². The standard InChI is InChI=1S/C21H25FN4O3/c1-15-11-18(23-29-15)14-24-7-2-8-25(10-9-24)21(28)16-12-20(27)26(13-16)19-5-3-17(22)4-6-19/h3-6,11,16H,2,7-10,12-14H2,1H3. The highest BCUT2D eigenvalue weighted by molar-refractivity contribution is 6.00. The van der Waals surface area contributed by atoms with Gasteiger partial charge in [0.15, 0.2) is 0 Å². The summed E-state index contributed by atoms with van der Waals surface area (Å²) in [7, 11) is 0. The number of rotatable bonds is 4. The molecule has 0 N–H and O–H groups in total. The molecule has 2 fully saturated rings. The molecule has 154 valence electrons. The zero-order valence-corrected chi connectivity index (χ0v) is 16.5. The van der Waals surface area contributed by atoms with Crippen molar-refractivity contribution in [2.75, 3.05) is 37.6 Å². The number of hydrogen-bond acceptors (Lipinski definition) is 5. The van der Waals surface area contributed by atoms with E-state index in [9.17, 15) is 14.0 Å². The molecule has 0 saturated carbocycles. The van der Waals surface area contributed by atoms with E-state index in [-0.39, 0.29) is 30.0 Å². The Kier molecular flexibility index (Phi) is 5.62. The van der Waals surface area contributed by atoms with E-state index < -0.39 is 0 Å². The number of carbonyl (C=O) groups excluding carboxylic acids is 2. The lowest BCUT2D eigenvalue weighted by molar-refractivity contribution is -0.135. The van der Waals surface area contributed by atoms with Crippen molar-refractivity contribution in [2.45, 2.75) is 26.3 Å². The third-order valence-corrected chi connectivity index (χ3v) is 5.58. The maximum Gasteiger partial charge on any atom is 0.228 e. The Hall–Kier alpha value is -2.74. The zero-order valence-electron chi connectivity index (χ0n) is 16.5. The molecule has 7 nitrogen and oxygen atoms in total. The fourth-order valence-electron chi connectivity index (χ4n) is 4.07. The highest BCUT2D eigenvalue weighted by Gasteiger charge is 2.37. The van der Waals surface area contributed by atoms with Crippen LogP contribution in [0.3, 0.4) is 0 Å². The van der Waals surface area contributed by atoms with Gasteiger partial charge in [0.2, 0.25) is 11.8 Å². The van der Waals surface area contributed by atoms with Crippen molar-refractivity contribution in [2.24, 2.45) is 5.92 Å². The third kappa shape index (κ3) is 4.48. The van der Waals surface area contributed by atoms with Crippen molar-refractivity contribution in [3.63, 3.8) is 0 Å². The molecule has 2 aliphatic rings. The second-order valence-electron chi connectivity index (χ2n) is 7.77. The van der Waals surface area contributed by atoms with Gasteiger partial charge in [-0.05, 0) is 37.6 Å². The summed E-state index contributed by atoms with van der Waals surface area (Å²) in [4.78, 5) is 31.2. The van der Waals surface area contributed by atoms with Gasteiger partial charge in [0, 0.05) is 57.4 Å². The van der Waals surface area contributed by atoms with Crippen molar-refractivity contribution >= 4 is 17.5 Å². The van der Waals surface area contributed by atoms with E-state index in [4.69, 9.17) is 4.52 Å². The second-order valence-corrected chi connectivity index (χ2v) is 7.77. The lowest BCUT2D eigenvalue weighted by atomic mass is 10.1. The topological polar surface area (TPSA) is 69.9 Å². The molecule has 8 heteroatoms. The Bertz CT molecular complexity index is 882. The summed E-state index contributed by atoms with van der Waals surface area (Å²) in [6.07, 6.45) is 1.08. The first-order valence-electron chi connectivity index (χ1n) is 9.99. The van der Waals surface area contributed by atoms with Gasteiger partial charge < -0.3 is 14.3 Å². The van der Waals surface area contributed by atoms with Crippen molar-refractivity contribution in [1.29, 1.82) is 0 Å². The molecular formula is C21H25FN4O3. The number of benzene rings is 1. The Labute approximate surface area is 169 Å². The predicted molar refractivity (Wildman–Crippen MR) is 105 cm³/mol. The van der Waals surface area contributed by atoms with Crippen LogP contribution in [0, 0.1) is 18.7 Å². The molecule has 1 aromatic carbocycles. The fourth-order valence-corrected chi connectivity index (χ4v) is 4.07. The molecular weight excluding hydrogens is 375 g/mol. The number of hydrogen-bond donors (Lipinski definition) is 0. The number of aryl methyl sites for hydroxylation is 1. The van der Waals surface area contributed by atoms with Crippen LogP contribution in [0.1, 0.15) is 24.3 Å². The monoisotopic (exact) mass is 400 g/mol. The van der Waals surface area contributed by atoms with Crippen LogP contribution in [-0.2, 0) is 16.1 Å².